The van der Waals surface area contributed by atoms with Crippen molar-refractivity contribution in [2.24, 2.45) is 0 Å². The Morgan fingerprint density at radius 2 is 2.05 bits per heavy atom. The monoisotopic (exact) mass is 288 g/mol. The fraction of sp³-hybridized carbons (Fsp3) is 0.375. The minimum Gasteiger partial charge on any atom is -0.294 e. The average molecular weight is 288 g/mol. The zero-order chi connectivity index (χ0) is 14.7. The first-order chi connectivity index (χ1) is 9.47. The van der Waals surface area contributed by atoms with Crippen molar-refractivity contribution in [2.45, 2.75) is 27.3 Å². The fourth-order valence-corrected chi connectivity index (χ4v) is 3.09. The second kappa shape index (κ2) is 6.29. The van der Waals surface area contributed by atoms with E-state index in [1.165, 1.54) is 10.4 Å². The summed E-state index contributed by atoms with van der Waals surface area (Å²) in [5.74, 6) is 0.173. The second-order valence-corrected chi connectivity index (χ2v) is 6.21. The normalized spacial score (nSPS) is 11.1. The van der Waals surface area contributed by atoms with Gasteiger partial charge in [-0.15, -0.1) is 11.3 Å². The van der Waals surface area contributed by atoms with Gasteiger partial charge in [-0.05, 0) is 33.4 Å². The van der Waals surface area contributed by atoms with Crippen LogP contribution in [0.2, 0.25) is 0 Å². The van der Waals surface area contributed by atoms with Gasteiger partial charge >= 0.3 is 0 Å². The Labute approximate surface area is 124 Å². The minimum absolute atomic E-state index is 0.173. The van der Waals surface area contributed by atoms with Gasteiger partial charge in [0.2, 0.25) is 0 Å². The molecule has 1 aromatic heterocycles. The van der Waals surface area contributed by atoms with Crippen molar-refractivity contribution in [2.75, 3.05) is 13.6 Å². The summed E-state index contributed by atoms with van der Waals surface area (Å²) in [5, 5.41) is 0. The Hall–Kier alpha value is -1.52. The quantitative estimate of drug-likeness (QED) is 0.791. The molecule has 0 saturated heterocycles. The van der Waals surface area contributed by atoms with Crippen LogP contribution in [0.5, 0.6) is 0 Å². The highest BCUT2D eigenvalue weighted by molar-refractivity contribution is 7.09. The molecule has 2 aromatic rings. The molecule has 0 unspecified atom stereocenters. The summed E-state index contributed by atoms with van der Waals surface area (Å²) in [6.07, 6.45) is 0. The van der Waals surface area contributed by atoms with E-state index < -0.39 is 0 Å². The molecule has 20 heavy (non-hydrogen) atoms. The number of Topliss-reactive ketones (excluding diaryl/α,β-unsaturated/α-hetero) is 1. The molecule has 1 aromatic carbocycles. The molecule has 0 bridgehead atoms. The van der Waals surface area contributed by atoms with Crippen molar-refractivity contribution in [1.29, 1.82) is 0 Å². The van der Waals surface area contributed by atoms with Gasteiger partial charge in [-0.25, -0.2) is 4.98 Å². The van der Waals surface area contributed by atoms with Gasteiger partial charge in [-0.3, -0.25) is 9.69 Å². The third kappa shape index (κ3) is 3.52. The lowest BCUT2D eigenvalue weighted by Crippen LogP contribution is -2.26. The lowest BCUT2D eigenvalue weighted by Gasteiger charge is -2.16. The van der Waals surface area contributed by atoms with Crippen LogP contribution in [0.25, 0.3) is 0 Å². The number of ketones is 1. The number of hydrogen-bond donors (Lipinski definition) is 0. The number of nitrogens with zero attached hydrogens (tertiary/aromatic N) is 2. The number of hydrogen-bond acceptors (Lipinski definition) is 4. The Balaban J connectivity index is 2.02. The SMILES string of the molecule is Cc1ccc(C(=O)CN(C)Cc2scnc2C)c(C)c1. The van der Waals surface area contributed by atoms with Crippen molar-refractivity contribution < 1.29 is 4.79 Å². The molecular formula is C16H20N2OS. The molecule has 0 spiro atoms. The third-order valence-electron chi connectivity index (χ3n) is 3.35. The topological polar surface area (TPSA) is 33.2 Å². The second-order valence-electron chi connectivity index (χ2n) is 5.27. The Kier molecular flexibility index (Phi) is 4.68. The molecule has 0 aliphatic carbocycles. The molecule has 0 saturated carbocycles. The number of likely N-dealkylation sites (N-methyl/N-ethyl adjacent to an activating group) is 1. The number of benzene rings is 1. The molecule has 0 fully saturated rings. The van der Waals surface area contributed by atoms with Crippen molar-refractivity contribution in [1.82, 2.24) is 9.88 Å². The predicted molar refractivity (Wildman–Crippen MR) is 83.4 cm³/mol. The molecule has 0 amide bonds. The lowest BCUT2D eigenvalue weighted by molar-refractivity contribution is 0.0943. The number of aromatic nitrogens is 1. The Morgan fingerprint density at radius 1 is 1.30 bits per heavy atom. The lowest BCUT2D eigenvalue weighted by atomic mass is 10.0. The van der Waals surface area contributed by atoms with E-state index in [1.54, 1.807) is 11.3 Å². The summed E-state index contributed by atoms with van der Waals surface area (Å²) in [4.78, 5) is 19.9. The van der Waals surface area contributed by atoms with Crippen LogP contribution >= 0.6 is 11.3 Å². The summed E-state index contributed by atoms with van der Waals surface area (Å²) in [5.41, 5.74) is 5.97. The smallest absolute Gasteiger partial charge is 0.177 e. The number of thiazole rings is 1. The first-order valence-corrected chi connectivity index (χ1v) is 7.53. The van der Waals surface area contributed by atoms with Crippen LogP contribution < -0.4 is 0 Å². The van der Waals surface area contributed by atoms with Crippen LogP contribution in [-0.4, -0.2) is 29.3 Å². The van der Waals surface area contributed by atoms with E-state index in [0.717, 1.165) is 23.4 Å². The molecule has 106 valence electrons. The van der Waals surface area contributed by atoms with E-state index in [1.807, 2.05) is 50.4 Å². The van der Waals surface area contributed by atoms with Gasteiger partial charge < -0.3 is 0 Å². The van der Waals surface area contributed by atoms with Crippen molar-refractivity contribution in [3.05, 3.63) is 51.0 Å². The van der Waals surface area contributed by atoms with E-state index >= 15 is 0 Å². The maximum atomic E-state index is 12.3. The highest BCUT2D eigenvalue weighted by atomic mass is 32.1. The third-order valence-corrected chi connectivity index (χ3v) is 4.27. The number of aryl methyl sites for hydroxylation is 3. The molecule has 3 nitrogen and oxygen atoms in total. The molecule has 0 N–H and O–H groups in total. The van der Waals surface area contributed by atoms with Crippen molar-refractivity contribution in [3.8, 4) is 0 Å². The zero-order valence-electron chi connectivity index (χ0n) is 12.4. The van der Waals surface area contributed by atoms with Crippen LogP contribution in [0.15, 0.2) is 23.7 Å². The summed E-state index contributed by atoms with van der Waals surface area (Å²) in [6.45, 7) is 7.24. The van der Waals surface area contributed by atoms with Gasteiger partial charge in [-0.2, -0.15) is 0 Å². The van der Waals surface area contributed by atoms with Gasteiger partial charge in [0.1, 0.15) is 0 Å². The first-order valence-electron chi connectivity index (χ1n) is 6.65. The van der Waals surface area contributed by atoms with Gasteiger partial charge in [-0.1, -0.05) is 23.8 Å². The van der Waals surface area contributed by atoms with E-state index in [4.69, 9.17) is 0 Å². The zero-order valence-corrected chi connectivity index (χ0v) is 13.3. The molecule has 1 heterocycles. The van der Waals surface area contributed by atoms with Crippen LogP contribution in [0.1, 0.15) is 32.1 Å². The molecular weight excluding hydrogens is 268 g/mol. The van der Waals surface area contributed by atoms with E-state index in [2.05, 4.69) is 11.1 Å². The summed E-state index contributed by atoms with van der Waals surface area (Å²) < 4.78 is 0. The summed E-state index contributed by atoms with van der Waals surface area (Å²) in [7, 11) is 1.97. The molecule has 0 aliphatic heterocycles. The van der Waals surface area contributed by atoms with Crippen LogP contribution in [0, 0.1) is 20.8 Å². The van der Waals surface area contributed by atoms with Crippen molar-refractivity contribution in [3.63, 3.8) is 0 Å². The average Bonchev–Trinajstić information content (AvgIpc) is 2.74. The molecule has 0 radical (unpaired) electrons. The standard InChI is InChI=1S/C16H20N2OS/c1-11-5-6-14(12(2)7-11)15(19)8-18(4)9-16-13(3)17-10-20-16/h5-7,10H,8-9H2,1-4H3. The first kappa shape index (κ1) is 14.9. The van der Waals surface area contributed by atoms with Gasteiger partial charge in [0.25, 0.3) is 0 Å². The predicted octanol–water partition coefficient (Wildman–Crippen LogP) is 3.38. The highest BCUT2D eigenvalue weighted by Gasteiger charge is 2.13. The van der Waals surface area contributed by atoms with Crippen LogP contribution in [-0.2, 0) is 6.54 Å². The Morgan fingerprint density at radius 3 is 2.65 bits per heavy atom. The highest BCUT2D eigenvalue weighted by Crippen LogP contribution is 2.15. The van der Waals surface area contributed by atoms with Gasteiger partial charge in [0.15, 0.2) is 5.78 Å². The van der Waals surface area contributed by atoms with Gasteiger partial charge in [0.05, 0.1) is 17.7 Å². The number of rotatable bonds is 5. The molecule has 4 heteroatoms. The molecule has 0 aliphatic rings. The van der Waals surface area contributed by atoms with Crippen molar-refractivity contribution >= 4 is 17.1 Å². The number of carbonyl (C=O) groups is 1. The largest absolute Gasteiger partial charge is 0.294 e. The van der Waals surface area contributed by atoms with E-state index in [9.17, 15) is 4.79 Å². The van der Waals surface area contributed by atoms with Crippen LogP contribution in [0.3, 0.4) is 0 Å². The maximum absolute atomic E-state index is 12.3. The van der Waals surface area contributed by atoms with Crippen LogP contribution in [0.4, 0.5) is 0 Å². The fourth-order valence-electron chi connectivity index (χ4n) is 2.24. The van der Waals surface area contributed by atoms with E-state index in [0.29, 0.717) is 6.54 Å². The molecule has 0 atom stereocenters. The van der Waals surface area contributed by atoms with E-state index in [-0.39, 0.29) is 5.78 Å². The minimum atomic E-state index is 0.173. The number of carbonyl (C=O) groups excluding carboxylic acids is 1. The Bertz CT molecular complexity index is 619. The molecule has 2 rings (SSSR count). The summed E-state index contributed by atoms with van der Waals surface area (Å²) in [6, 6.07) is 5.98. The van der Waals surface area contributed by atoms with Gasteiger partial charge in [0, 0.05) is 17.0 Å². The summed E-state index contributed by atoms with van der Waals surface area (Å²) >= 11 is 1.64. The maximum Gasteiger partial charge on any atom is 0.177 e.